The molecule has 7 nitrogen and oxygen atoms in total. The van der Waals surface area contributed by atoms with E-state index in [1.807, 2.05) is 54.6 Å². The summed E-state index contributed by atoms with van der Waals surface area (Å²) < 4.78 is 5.63. The topological polar surface area (TPSA) is 84.0 Å². The van der Waals surface area contributed by atoms with Crippen molar-refractivity contribution < 1.29 is 23.9 Å². The summed E-state index contributed by atoms with van der Waals surface area (Å²) in [5.41, 5.74) is 1.17. The Labute approximate surface area is 207 Å². The molecular weight excluding hydrogens is 456 g/mol. The van der Waals surface area contributed by atoms with E-state index in [-0.39, 0.29) is 48.3 Å². The fourth-order valence-corrected chi connectivity index (χ4v) is 5.48. The van der Waals surface area contributed by atoms with Gasteiger partial charge in [0.1, 0.15) is 5.75 Å². The number of imide groups is 1. The van der Waals surface area contributed by atoms with Crippen molar-refractivity contribution in [1.82, 2.24) is 0 Å². The van der Waals surface area contributed by atoms with E-state index in [1.165, 1.54) is 11.0 Å². The molecule has 0 spiro atoms. The molecule has 2 fully saturated rings. The van der Waals surface area contributed by atoms with Crippen LogP contribution in [0.15, 0.2) is 78.9 Å². The summed E-state index contributed by atoms with van der Waals surface area (Å²) in [5, 5.41) is 1.97. The number of hydrogen-bond donors (Lipinski definition) is 0. The van der Waals surface area contributed by atoms with Crippen molar-refractivity contribution in [2.75, 3.05) is 16.3 Å². The van der Waals surface area contributed by atoms with Crippen molar-refractivity contribution in [2.24, 2.45) is 17.8 Å². The number of amides is 3. The lowest BCUT2D eigenvalue weighted by Crippen LogP contribution is -2.31. The molecule has 0 radical (unpaired) electrons. The first kappa shape index (κ1) is 22.2. The highest BCUT2D eigenvalue weighted by Gasteiger charge is 2.48. The molecule has 3 aromatic carbocycles. The maximum atomic E-state index is 13.0. The smallest absolute Gasteiger partial charge is 0.316 e. The number of carbonyl (C=O) groups excluding carboxylic acids is 4. The summed E-state index contributed by atoms with van der Waals surface area (Å²) in [6.45, 7) is 0.227. The Hall–Kier alpha value is -4.26. The highest BCUT2D eigenvalue weighted by atomic mass is 16.5. The number of carbonyl (C=O) groups is 4. The van der Waals surface area contributed by atoms with Gasteiger partial charge < -0.3 is 9.64 Å². The van der Waals surface area contributed by atoms with Crippen LogP contribution >= 0.6 is 0 Å². The number of ether oxygens (including phenoxy) is 1. The van der Waals surface area contributed by atoms with Gasteiger partial charge in [-0.05, 0) is 36.4 Å². The Bertz CT molecular complexity index is 1410. The zero-order valence-electron chi connectivity index (χ0n) is 19.5. The van der Waals surface area contributed by atoms with Gasteiger partial charge in [-0.15, -0.1) is 0 Å². The van der Waals surface area contributed by atoms with Gasteiger partial charge >= 0.3 is 5.97 Å². The molecule has 3 amide bonds. The number of hydrogen-bond acceptors (Lipinski definition) is 5. The van der Waals surface area contributed by atoms with Crippen molar-refractivity contribution >= 4 is 45.8 Å². The molecule has 1 aliphatic carbocycles. The maximum absolute atomic E-state index is 13.0. The van der Waals surface area contributed by atoms with Crippen LogP contribution in [0.25, 0.3) is 10.8 Å². The zero-order chi connectivity index (χ0) is 24.8. The lowest BCUT2D eigenvalue weighted by atomic mass is 9.85. The fraction of sp³-hybridized carbons (Fsp3) is 0.241. The Balaban J connectivity index is 1.19. The van der Waals surface area contributed by atoms with E-state index in [4.69, 9.17) is 4.74 Å². The van der Waals surface area contributed by atoms with Crippen LogP contribution in [0.2, 0.25) is 0 Å². The second-order valence-corrected chi connectivity index (χ2v) is 9.49. The zero-order valence-corrected chi connectivity index (χ0v) is 19.5. The number of anilines is 2. The fourth-order valence-electron chi connectivity index (χ4n) is 5.48. The number of benzene rings is 3. The average Bonchev–Trinajstić information content (AvgIpc) is 3.41. The molecule has 2 aliphatic heterocycles. The summed E-state index contributed by atoms with van der Waals surface area (Å²) in [7, 11) is 0. The first-order chi connectivity index (χ1) is 17.5. The average molecular weight is 481 g/mol. The minimum Gasteiger partial charge on any atom is -0.426 e. The van der Waals surface area contributed by atoms with Crippen LogP contribution < -0.4 is 14.5 Å². The van der Waals surface area contributed by atoms with E-state index in [2.05, 4.69) is 0 Å². The second-order valence-electron chi connectivity index (χ2n) is 9.49. The van der Waals surface area contributed by atoms with Gasteiger partial charge in [-0.2, -0.15) is 0 Å². The van der Waals surface area contributed by atoms with E-state index in [1.54, 1.807) is 23.1 Å². The van der Waals surface area contributed by atoms with Gasteiger partial charge in [0.05, 0.1) is 29.1 Å². The summed E-state index contributed by atoms with van der Waals surface area (Å²) >= 11 is 0. The minimum absolute atomic E-state index is 0.0567. The lowest BCUT2D eigenvalue weighted by Gasteiger charge is -2.19. The Kier molecular flexibility index (Phi) is 5.40. The molecule has 0 unspecified atom stereocenters. The van der Waals surface area contributed by atoms with Crippen molar-refractivity contribution in [3.63, 3.8) is 0 Å². The van der Waals surface area contributed by atoms with Crippen molar-refractivity contribution in [1.29, 1.82) is 0 Å². The minimum atomic E-state index is -0.621. The standard InChI is InChI=1S/C29H24N2O5/c32-26-15-19(17-30(26)25-14-5-8-18-7-1-2-11-22(18)25)29(35)36-21-10-6-9-20(16-21)31-27(33)23-12-3-4-13-24(23)28(31)34/h1-11,14,16,19,23-24H,12-13,15,17H2/t19-,23+,24+/m0/s1. The van der Waals surface area contributed by atoms with E-state index < -0.39 is 11.9 Å². The van der Waals surface area contributed by atoms with Gasteiger partial charge in [0.15, 0.2) is 0 Å². The highest BCUT2D eigenvalue weighted by molar-refractivity contribution is 6.22. The quantitative estimate of drug-likeness (QED) is 0.241. The molecular formula is C29H24N2O5. The third-order valence-electron chi connectivity index (χ3n) is 7.32. The molecule has 7 heteroatoms. The lowest BCUT2D eigenvalue weighted by molar-refractivity contribution is -0.139. The largest absolute Gasteiger partial charge is 0.426 e. The molecule has 0 saturated carbocycles. The number of nitrogens with zero attached hydrogens (tertiary/aromatic N) is 2. The van der Waals surface area contributed by atoms with E-state index >= 15 is 0 Å². The summed E-state index contributed by atoms with van der Waals surface area (Å²) in [5.74, 6) is -2.13. The van der Waals surface area contributed by atoms with Gasteiger partial charge in [-0.3, -0.25) is 19.2 Å². The SMILES string of the molecule is O=C(Oc1cccc(N2C(=O)[C@@H]3CC=CC[C@H]3C2=O)c1)[C@H]1CC(=O)N(c2cccc3ccccc23)C1. The van der Waals surface area contributed by atoms with Gasteiger partial charge in [0, 0.05) is 24.4 Å². The summed E-state index contributed by atoms with van der Waals surface area (Å²) in [6, 6.07) is 20.1. The van der Waals surface area contributed by atoms with Crippen LogP contribution in [0.5, 0.6) is 5.75 Å². The number of rotatable bonds is 4. The molecule has 0 bridgehead atoms. The number of allylic oxidation sites excluding steroid dienone is 2. The monoisotopic (exact) mass is 480 g/mol. The van der Waals surface area contributed by atoms with Crippen LogP contribution in [-0.2, 0) is 19.2 Å². The molecule has 36 heavy (non-hydrogen) atoms. The molecule has 3 aliphatic rings. The Morgan fingerprint density at radius 3 is 2.31 bits per heavy atom. The first-order valence-electron chi connectivity index (χ1n) is 12.1. The normalized spacial score (nSPS) is 23.4. The molecule has 2 saturated heterocycles. The second kappa shape index (κ2) is 8.75. The Morgan fingerprint density at radius 2 is 1.53 bits per heavy atom. The third kappa shape index (κ3) is 3.68. The van der Waals surface area contributed by atoms with E-state index in [9.17, 15) is 19.2 Å². The van der Waals surface area contributed by atoms with Crippen molar-refractivity contribution in [3.8, 4) is 5.75 Å². The maximum Gasteiger partial charge on any atom is 0.316 e. The van der Waals surface area contributed by atoms with Crippen LogP contribution in [0.3, 0.4) is 0 Å². The van der Waals surface area contributed by atoms with Crippen LogP contribution in [0.1, 0.15) is 19.3 Å². The van der Waals surface area contributed by atoms with Gasteiger partial charge in [0.25, 0.3) is 0 Å². The van der Waals surface area contributed by atoms with Crippen LogP contribution in [0, 0.1) is 17.8 Å². The molecule has 0 aromatic heterocycles. The van der Waals surface area contributed by atoms with Gasteiger partial charge in [0.2, 0.25) is 17.7 Å². The predicted octanol–water partition coefficient (Wildman–Crippen LogP) is 4.25. The van der Waals surface area contributed by atoms with Crippen LogP contribution in [0.4, 0.5) is 11.4 Å². The highest BCUT2D eigenvalue weighted by Crippen LogP contribution is 2.38. The van der Waals surface area contributed by atoms with E-state index in [0.29, 0.717) is 18.5 Å². The summed E-state index contributed by atoms with van der Waals surface area (Å²) in [4.78, 5) is 54.5. The molecule has 2 heterocycles. The van der Waals surface area contributed by atoms with Crippen molar-refractivity contribution in [3.05, 3.63) is 78.9 Å². The molecule has 6 rings (SSSR count). The molecule has 180 valence electrons. The Morgan fingerprint density at radius 1 is 0.833 bits per heavy atom. The number of esters is 1. The van der Waals surface area contributed by atoms with Crippen LogP contribution in [-0.4, -0.2) is 30.2 Å². The predicted molar refractivity (Wildman–Crippen MR) is 134 cm³/mol. The summed E-state index contributed by atoms with van der Waals surface area (Å²) in [6.07, 6.45) is 5.06. The van der Waals surface area contributed by atoms with Gasteiger partial charge in [-0.25, -0.2) is 4.90 Å². The van der Waals surface area contributed by atoms with Crippen molar-refractivity contribution in [2.45, 2.75) is 19.3 Å². The third-order valence-corrected chi connectivity index (χ3v) is 7.32. The molecule has 3 aromatic rings. The first-order valence-corrected chi connectivity index (χ1v) is 12.1. The van der Waals surface area contributed by atoms with Gasteiger partial charge in [-0.1, -0.05) is 54.6 Å². The van der Waals surface area contributed by atoms with E-state index in [0.717, 1.165) is 16.5 Å². The molecule has 3 atom stereocenters. The molecule has 0 N–H and O–H groups in total. The number of fused-ring (bicyclic) bond motifs is 2.